The molecule has 0 saturated heterocycles. The van der Waals surface area contributed by atoms with E-state index in [0.717, 1.165) is 0 Å². The van der Waals surface area contributed by atoms with Gasteiger partial charge in [0.25, 0.3) is 0 Å². The normalized spacial score (nSPS) is 12.8. The fraction of sp³-hybridized carbons (Fsp3) is 0.200. The van der Waals surface area contributed by atoms with Crippen molar-refractivity contribution >= 4 is 15.9 Å². The van der Waals surface area contributed by atoms with Gasteiger partial charge in [-0.2, -0.15) is 4.98 Å². The number of hydrogen-bond donors (Lipinski definition) is 1. The van der Waals surface area contributed by atoms with Crippen LogP contribution in [-0.2, 0) is 0 Å². The van der Waals surface area contributed by atoms with E-state index in [2.05, 4.69) is 26.1 Å². The molecule has 0 amide bonds. The maximum absolute atomic E-state index is 13.1. The van der Waals surface area contributed by atoms with Gasteiger partial charge in [0.15, 0.2) is 0 Å². The maximum Gasteiger partial charge on any atom is 0.243 e. The van der Waals surface area contributed by atoms with Crippen molar-refractivity contribution in [3.63, 3.8) is 0 Å². The number of benzene rings is 1. The zero-order valence-corrected chi connectivity index (χ0v) is 10.0. The van der Waals surface area contributed by atoms with Crippen molar-refractivity contribution < 1.29 is 8.91 Å². The SMILES string of the molecule is C[C@@H](N)c1nc(-c2cc(F)cc(Br)c2)no1. The predicted octanol–water partition coefficient (Wildman–Crippen LogP) is 2.66. The Morgan fingerprint density at radius 3 is 2.75 bits per heavy atom. The molecular formula is C10H9BrFN3O. The Labute approximate surface area is 99.8 Å². The third-order valence-corrected chi connectivity index (χ3v) is 2.41. The summed E-state index contributed by atoms with van der Waals surface area (Å²) in [5.74, 6) is 0.291. The van der Waals surface area contributed by atoms with Crippen LogP contribution in [0.3, 0.4) is 0 Å². The Bertz CT molecular complexity index is 492. The molecule has 6 heteroatoms. The molecule has 84 valence electrons. The molecule has 2 rings (SSSR count). The Hall–Kier alpha value is -1.27. The van der Waals surface area contributed by atoms with Crippen LogP contribution in [0.2, 0.25) is 0 Å². The number of halogens is 2. The van der Waals surface area contributed by atoms with Crippen molar-refractivity contribution in [1.82, 2.24) is 10.1 Å². The molecule has 0 aliphatic heterocycles. The molecule has 0 aliphatic rings. The lowest BCUT2D eigenvalue weighted by Gasteiger charge is -1.97. The minimum Gasteiger partial charge on any atom is -0.337 e. The molecule has 16 heavy (non-hydrogen) atoms. The summed E-state index contributed by atoms with van der Waals surface area (Å²) >= 11 is 3.20. The lowest BCUT2D eigenvalue weighted by Crippen LogP contribution is -2.04. The molecule has 0 saturated carbocycles. The molecular weight excluding hydrogens is 277 g/mol. The fourth-order valence-electron chi connectivity index (χ4n) is 1.22. The van der Waals surface area contributed by atoms with Gasteiger partial charge >= 0.3 is 0 Å². The molecule has 1 aromatic carbocycles. The molecule has 0 fully saturated rings. The van der Waals surface area contributed by atoms with Gasteiger partial charge in [-0.1, -0.05) is 21.1 Å². The predicted molar refractivity (Wildman–Crippen MR) is 60.0 cm³/mol. The Morgan fingerprint density at radius 1 is 1.44 bits per heavy atom. The standard InChI is InChI=1S/C10H9BrFN3O/c1-5(13)10-14-9(15-16-10)6-2-7(11)4-8(12)3-6/h2-5H,13H2,1H3/t5-/m1/s1. The van der Waals surface area contributed by atoms with E-state index in [1.807, 2.05) is 0 Å². The van der Waals surface area contributed by atoms with E-state index in [4.69, 9.17) is 10.3 Å². The monoisotopic (exact) mass is 285 g/mol. The second-order valence-electron chi connectivity index (χ2n) is 3.40. The molecule has 4 nitrogen and oxygen atoms in total. The van der Waals surface area contributed by atoms with E-state index in [0.29, 0.717) is 21.8 Å². The maximum atomic E-state index is 13.1. The summed E-state index contributed by atoms with van der Waals surface area (Å²) in [5, 5.41) is 3.74. The highest BCUT2D eigenvalue weighted by Gasteiger charge is 2.12. The fourth-order valence-corrected chi connectivity index (χ4v) is 1.69. The van der Waals surface area contributed by atoms with Crippen LogP contribution in [0.15, 0.2) is 27.2 Å². The first kappa shape index (κ1) is 11.2. The van der Waals surface area contributed by atoms with Crippen LogP contribution in [0, 0.1) is 5.82 Å². The zero-order chi connectivity index (χ0) is 11.7. The van der Waals surface area contributed by atoms with Gasteiger partial charge in [0.1, 0.15) is 5.82 Å². The van der Waals surface area contributed by atoms with Crippen LogP contribution in [-0.4, -0.2) is 10.1 Å². The van der Waals surface area contributed by atoms with Gasteiger partial charge in [0.2, 0.25) is 11.7 Å². The van der Waals surface area contributed by atoms with Crippen LogP contribution in [0.4, 0.5) is 4.39 Å². The second kappa shape index (κ2) is 4.31. The average Bonchev–Trinajstić information content (AvgIpc) is 2.64. The van der Waals surface area contributed by atoms with Crippen LogP contribution in [0.5, 0.6) is 0 Å². The molecule has 1 aromatic heterocycles. The Morgan fingerprint density at radius 2 is 2.19 bits per heavy atom. The summed E-state index contributed by atoms with van der Waals surface area (Å²) in [7, 11) is 0. The van der Waals surface area contributed by atoms with Gasteiger partial charge in [0, 0.05) is 10.0 Å². The van der Waals surface area contributed by atoms with Crippen molar-refractivity contribution in [3.05, 3.63) is 34.4 Å². The lowest BCUT2D eigenvalue weighted by atomic mass is 10.2. The first-order chi connectivity index (χ1) is 7.56. The zero-order valence-electron chi connectivity index (χ0n) is 8.45. The Balaban J connectivity index is 2.42. The molecule has 1 heterocycles. The van der Waals surface area contributed by atoms with Crippen molar-refractivity contribution in [3.8, 4) is 11.4 Å². The van der Waals surface area contributed by atoms with Gasteiger partial charge < -0.3 is 10.3 Å². The number of nitrogens with two attached hydrogens (primary N) is 1. The summed E-state index contributed by atoms with van der Waals surface area (Å²) < 4.78 is 18.7. The molecule has 0 spiro atoms. The third-order valence-electron chi connectivity index (χ3n) is 1.95. The Kier molecular flexibility index (Phi) is 3.02. The van der Waals surface area contributed by atoms with Crippen molar-refractivity contribution in [2.24, 2.45) is 5.73 Å². The van der Waals surface area contributed by atoms with Gasteiger partial charge in [-0.25, -0.2) is 4.39 Å². The van der Waals surface area contributed by atoms with E-state index in [9.17, 15) is 4.39 Å². The summed E-state index contributed by atoms with van der Waals surface area (Å²) in [5.41, 5.74) is 6.13. The van der Waals surface area contributed by atoms with Gasteiger partial charge in [-0.15, -0.1) is 0 Å². The van der Waals surface area contributed by atoms with E-state index >= 15 is 0 Å². The van der Waals surface area contributed by atoms with Crippen LogP contribution < -0.4 is 5.73 Å². The van der Waals surface area contributed by atoms with Crippen molar-refractivity contribution in [2.75, 3.05) is 0 Å². The van der Waals surface area contributed by atoms with E-state index in [1.165, 1.54) is 12.1 Å². The van der Waals surface area contributed by atoms with Crippen molar-refractivity contribution in [2.45, 2.75) is 13.0 Å². The lowest BCUT2D eigenvalue weighted by molar-refractivity contribution is 0.362. The van der Waals surface area contributed by atoms with E-state index < -0.39 is 0 Å². The summed E-state index contributed by atoms with van der Waals surface area (Å²) in [4.78, 5) is 4.07. The highest BCUT2D eigenvalue weighted by molar-refractivity contribution is 9.10. The summed E-state index contributed by atoms with van der Waals surface area (Å²) in [6.45, 7) is 1.73. The molecule has 0 bridgehead atoms. The minimum atomic E-state index is -0.364. The first-order valence-electron chi connectivity index (χ1n) is 4.62. The van der Waals surface area contributed by atoms with Crippen LogP contribution in [0.25, 0.3) is 11.4 Å². The molecule has 2 aromatic rings. The largest absolute Gasteiger partial charge is 0.337 e. The number of rotatable bonds is 2. The highest BCUT2D eigenvalue weighted by atomic mass is 79.9. The quantitative estimate of drug-likeness (QED) is 0.921. The number of hydrogen-bond acceptors (Lipinski definition) is 4. The van der Waals surface area contributed by atoms with Gasteiger partial charge in [-0.05, 0) is 25.1 Å². The van der Waals surface area contributed by atoms with Gasteiger partial charge in [0.05, 0.1) is 6.04 Å². The molecule has 2 N–H and O–H groups in total. The summed E-state index contributed by atoms with van der Waals surface area (Å²) in [6, 6.07) is 4.06. The summed E-state index contributed by atoms with van der Waals surface area (Å²) in [6.07, 6.45) is 0. The van der Waals surface area contributed by atoms with Crippen molar-refractivity contribution in [1.29, 1.82) is 0 Å². The van der Waals surface area contributed by atoms with Crippen LogP contribution in [0.1, 0.15) is 18.9 Å². The average molecular weight is 286 g/mol. The smallest absolute Gasteiger partial charge is 0.243 e. The van der Waals surface area contributed by atoms with E-state index in [-0.39, 0.29) is 11.9 Å². The minimum absolute atomic E-state index is 0.326. The second-order valence-corrected chi connectivity index (χ2v) is 4.32. The van der Waals surface area contributed by atoms with Gasteiger partial charge in [-0.3, -0.25) is 0 Å². The van der Waals surface area contributed by atoms with E-state index in [1.54, 1.807) is 13.0 Å². The first-order valence-corrected chi connectivity index (χ1v) is 5.41. The number of aromatic nitrogens is 2. The molecule has 0 aliphatic carbocycles. The molecule has 1 atom stereocenters. The van der Waals surface area contributed by atoms with Crippen LogP contribution >= 0.6 is 15.9 Å². The molecule has 0 radical (unpaired) electrons. The molecule has 0 unspecified atom stereocenters. The highest BCUT2D eigenvalue weighted by Crippen LogP contribution is 2.23. The number of nitrogens with zero attached hydrogens (tertiary/aromatic N) is 2. The third kappa shape index (κ3) is 2.28. The topological polar surface area (TPSA) is 64.9 Å².